The highest BCUT2D eigenvalue weighted by molar-refractivity contribution is 9.10. The summed E-state index contributed by atoms with van der Waals surface area (Å²) in [6.07, 6.45) is 7.43. The number of benzene rings is 2. The van der Waals surface area contributed by atoms with E-state index in [1.165, 1.54) is 67.3 Å². The fraction of sp³-hybridized carbons (Fsp3) is 0.400. The van der Waals surface area contributed by atoms with Gasteiger partial charge in [0.15, 0.2) is 0 Å². The number of thiophene rings is 1. The Kier molecular flexibility index (Phi) is 6.30. The Morgan fingerprint density at radius 3 is 2.77 bits per heavy atom. The van der Waals surface area contributed by atoms with E-state index in [2.05, 4.69) is 43.7 Å². The van der Waals surface area contributed by atoms with E-state index in [4.69, 9.17) is 4.74 Å². The zero-order chi connectivity index (χ0) is 21.2. The number of nitrogens with zero attached hydrogens (tertiary/aromatic N) is 1. The number of nitrogens with one attached hydrogen (secondary N) is 1. The summed E-state index contributed by atoms with van der Waals surface area (Å²) in [7, 11) is 0. The van der Waals surface area contributed by atoms with E-state index in [-0.39, 0.29) is 0 Å². The van der Waals surface area contributed by atoms with Gasteiger partial charge in [0.1, 0.15) is 5.75 Å². The average Bonchev–Trinajstić information content (AvgIpc) is 3.07. The standard InChI is InChI=1S/C25H27BrN2O2S/c26-18-5-9-21(10-6-18)30-25(29)27-19-7-11-24-22(15-19)23(16-31-24)17-4-8-20-3-1-2-13-28(20)14-12-17/h5-7,9-11,15-17,20H,1-4,8,12-14H2,(H,27,29). The summed E-state index contributed by atoms with van der Waals surface area (Å²) in [5, 5.41) is 6.50. The maximum atomic E-state index is 12.4. The third kappa shape index (κ3) is 4.81. The Labute approximate surface area is 195 Å². The van der Waals surface area contributed by atoms with Gasteiger partial charge in [0.2, 0.25) is 0 Å². The SMILES string of the molecule is O=C(Nc1ccc2scc(C3CCC4CCCCN4CC3)c2c1)Oc1ccc(Br)cc1. The second kappa shape index (κ2) is 9.31. The minimum absolute atomic E-state index is 0.468. The fourth-order valence-electron chi connectivity index (χ4n) is 5.05. The monoisotopic (exact) mass is 498 g/mol. The van der Waals surface area contributed by atoms with Crippen LogP contribution in [0.5, 0.6) is 5.75 Å². The van der Waals surface area contributed by atoms with Gasteiger partial charge in [-0.25, -0.2) is 4.79 Å². The first-order valence-corrected chi connectivity index (χ1v) is 12.8. The van der Waals surface area contributed by atoms with Crippen LogP contribution >= 0.6 is 27.3 Å². The molecule has 2 aliphatic heterocycles. The van der Waals surface area contributed by atoms with Gasteiger partial charge in [0.25, 0.3) is 0 Å². The lowest BCUT2D eigenvalue weighted by Gasteiger charge is -2.33. The lowest BCUT2D eigenvalue weighted by atomic mass is 9.90. The summed E-state index contributed by atoms with van der Waals surface area (Å²) in [6.45, 7) is 2.49. The summed E-state index contributed by atoms with van der Waals surface area (Å²) in [6, 6.07) is 14.2. The van der Waals surface area contributed by atoms with E-state index < -0.39 is 6.09 Å². The second-order valence-electron chi connectivity index (χ2n) is 8.62. The molecular weight excluding hydrogens is 472 g/mol. The molecule has 1 N–H and O–H groups in total. The van der Waals surface area contributed by atoms with Crippen molar-refractivity contribution in [2.24, 2.45) is 0 Å². The van der Waals surface area contributed by atoms with E-state index in [0.29, 0.717) is 11.7 Å². The topological polar surface area (TPSA) is 41.6 Å². The van der Waals surface area contributed by atoms with Crippen LogP contribution in [0.1, 0.15) is 50.0 Å². The molecule has 1 aromatic heterocycles. The summed E-state index contributed by atoms with van der Waals surface area (Å²) < 4.78 is 7.64. The first kappa shape index (κ1) is 21.0. The summed E-state index contributed by atoms with van der Waals surface area (Å²) in [4.78, 5) is 15.1. The summed E-state index contributed by atoms with van der Waals surface area (Å²) in [5.74, 6) is 1.12. The first-order valence-electron chi connectivity index (χ1n) is 11.2. The van der Waals surface area contributed by atoms with Crippen LogP contribution in [0.3, 0.4) is 0 Å². The van der Waals surface area contributed by atoms with Crippen molar-refractivity contribution < 1.29 is 9.53 Å². The molecule has 0 aliphatic carbocycles. The molecule has 2 unspecified atom stereocenters. The van der Waals surface area contributed by atoms with E-state index in [9.17, 15) is 4.79 Å². The minimum Gasteiger partial charge on any atom is -0.410 e. The van der Waals surface area contributed by atoms with Crippen molar-refractivity contribution in [1.29, 1.82) is 0 Å². The average molecular weight is 499 g/mol. The number of ether oxygens (including phenoxy) is 1. The zero-order valence-electron chi connectivity index (χ0n) is 17.5. The van der Waals surface area contributed by atoms with Gasteiger partial charge < -0.3 is 9.64 Å². The molecule has 31 heavy (non-hydrogen) atoms. The fourth-order valence-corrected chi connectivity index (χ4v) is 6.34. The zero-order valence-corrected chi connectivity index (χ0v) is 19.9. The summed E-state index contributed by atoms with van der Waals surface area (Å²) in [5.41, 5.74) is 2.23. The third-order valence-corrected chi connectivity index (χ3v) is 8.19. The number of carbonyl (C=O) groups excluding carboxylic acids is 1. The molecule has 2 aliphatic rings. The molecule has 3 aromatic rings. The highest BCUT2D eigenvalue weighted by atomic mass is 79.9. The molecule has 4 nitrogen and oxygen atoms in total. The van der Waals surface area contributed by atoms with Gasteiger partial charge in [-0.05, 0) is 110 Å². The molecule has 3 heterocycles. The predicted octanol–water partition coefficient (Wildman–Crippen LogP) is 7.40. The van der Waals surface area contributed by atoms with Gasteiger partial charge in [-0.15, -0.1) is 11.3 Å². The lowest BCUT2D eigenvalue weighted by Crippen LogP contribution is -2.38. The molecule has 2 saturated heterocycles. The number of fused-ring (bicyclic) bond motifs is 2. The van der Waals surface area contributed by atoms with Gasteiger partial charge >= 0.3 is 6.09 Å². The maximum Gasteiger partial charge on any atom is 0.417 e. The molecule has 2 atom stereocenters. The number of hydrogen-bond acceptors (Lipinski definition) is 4. The van der Waals surface area contributed by atoms with Crippen molar-refractivity contribution in [3.8, 4) is 5.75 Å². The van der Waals surface area contributed by atoms with Gasteiger partial charge in [-0.1, -0.05) is 22.4 Å². The van der Waals surface area contributed by atoms with Crippen LogP contribution < -0.4 is 10.1 Å². The molecule has 5 rings (SSSR count). The number of amides is 1. The molecule has 6 heteroatoms. The van der Waals surface area contributed by atoms with Crippen LogP contribution in [-0.2, 0) is 0 Å². The van der Waals surface area contributed by atoms with E-state index >= 15 is 0 Å². The van der Waals surface area contributed by atoms with Crippen LogP contribution in [0.25, 0.3) is 10.1 Å². The maximum absolute atomic E-state index is 12.4. The van der Waals surface area contributed by atoms with Gasteiger partial charge in [-0.3, -0.25) is 5.32 Å². The number of halogens is 1. The molecule has 2 aromatic carbocycles. The highest BCUT2D eigenvalue weighted by Crippen LogP contribution is 2.40. The molecule has 1 amide bonds. The molecular formula is C25H27BrN2O2S. The van der Waals surface area contributed by atoms with Crippen LogP contribution in [0, 0.1) is 0 Å². The molecule has 0 bridgehead atoms. The van der Waals surface area contributed by atoms with Gasteiger partial charge in [0, 0.05) is 20.9 Å². The van der Waals surface area contributed by atoms with Crippen LogP contribution in [-0.4, -0.2) is 30.1 Å². The number of carbonyl (C=O) groups is 1. The molecule has 162 valence electrons. The normalized spacial score (nSPS) is 22.0. The Hall–Kier alpha value is -1.89. The smallest absolute Gasteiger partial charge is 0.410 e. The quantitative estimate of drug-likeness (QED) is 0.408. The van der Waals surface area contributed by atoms with Gasteiger partial charge in [-0.2, -0.15) is 0 Å². The predicted molar refractivity (Wildman–Crippen MR) is 131 cm³/mol. The van der Waals surface area contributed by atoms with E-state index in [1.54, 1.807) is 12.1 Å². The molecule has 0 radical (unpaired) electrons. The van der Waals surface area contributed by atoms with E-state index in [1.807, 2.05) is 29.5 Å². The van der Waals surface area contributed by atoms with Crippen molar-refractivity contribution in [2.75, 3.05) is 18.4 Å². The molecule has 2 fully saturated rings. The Morgan fingerprint density at radius 1 is 1.03 bits per heavy atom. The van der Waals surface area contributed by atoms with Crippen LogP contribution in [0.2, 0.25) is 0 Å². The van der Waals surface area contributed by atoms with Crippen molar-refractivity contribution >= 4 is 49.1 Å². The van der Waals surface area contributed by atoms with Crippen LogP contribution in [0.4, 0.5) is 10.5 Å². The van der Waals surface area contributed by atoms with Crippen molar-refractivity contribution in [1.82, 2.24) is 4.90 Å². The lowest BCUT2D eigenvalue weighted by molar-refractivity contribution is 0.151. The van der Waals surface area contributed by atoms with Crippen LogP contribution in [0.15, 0.2) is 52.3 Å². The minimum atomic E-state index is -0.468. The number of piperidine rings is 1. The highest BCUT2D eigenvalue weighted by Gasteiger charge is 2.28. The molecule has 0 saturated carbocycles. The van der Waals surface area contributed by atoms with E-state index in [0.717, 1.165) is 16.2 Å². The Bertz CT molecular complexity index is 1050. The number of hydrogen-bond donors (Lipinski definition) is 1. The Morgan fingerprint density at radius 2 is 1.90 bits per heavy atom. The third-order valence-electron chi connectivity index (χ3n) is 6.68. The largest absolute Gasteiger partial charge is 0.417 e. The second-order valence-corrected chi connectivity index (χ2v) is 10.4. The van der Waals surface area contributed by atoms with Gasteiger partial charge in [0.05, 0.1) is 0 Å². The first-order chi connectivity index (χ1) is 15.2. The van der Waals surface area contributed by atoms with Crippen molar-refractivity contribution in [3.05, 3.63) is 57.9 Å². The molecule has 0 spiro atoms. The Balaban J connectivity index is 1.31. The number of anilines is 1. The summed E-state index contributed by atoms with van der Waals surface area (Å²) >= 11 is 5.20. The number of rotatable bonds is 3. The van der Waals surface area contributed by atoms with Crippen molar-refractivity contribution in [2.45, 2.75) is 50.5 Å². The van der Waals surface area contributed by atoms with Crippen molar-refractivity contribution in [3.63, 3.8) is 0 Å².